The van der Waals surface area contributed by atoms with Gasteiger partial charge in [0, 0.05) is 5.92 Å². The minimum Gasteiger partial charge on any atom is -0.388 e. The molecule has 0 radical (unpaired) electrons. The van der Waals surface area contributed by atoms with Gasteiger partial charge in [0.05, 0.1) is 6.10 Å². The van der Waals surface area contributed by atoms with Gasteiger partial charge in [-0.2, -0.15) is 0 Å². The Balaban J connectivity index is 2.71. The van der Waals surface area contributed by atoms with Crippen molar-refractivity contribution in [2.24, 2.45) is 17.8 Å². The fraction of sp³-hybridized carbons (Fsp3) is 0.550. The maximum atomic E-state index is 11.9. The summed E-state index contributed by atoms with van der Waals surface area (Å²) in [6.45, 7) is 9.94. The van der Waals surface area contributed by atoms with Crippen LogP contribution >= 0.6 is 0 Å². The molecule has 0 aromatic heterocycles. The van der Waals surface area contributed by atoms with Gasteiger partial charge in [0.15, 0.2) is 5.78 Å². The number of aliphatic hydroxyl groups excluding tert-OH is 2. The first kappa shape index (κ1) is 19.6. The zero-order chi connectivity index (χ0) is 17.6. The minimum atomic E-state index is -1.16. The van der Waals surface area contributed by atoms with E-state index in [1.807, 2.05) is 19.1 Å². The minimum absolute atomic E-state index is 0.304. The predicted molar refractivity (Wildman–Crippen MR) is 94.9 cm³/mol. The lowest BCUT2D eigenvalue weighted by Crippen LogP contribution is -2.41. The molecule has 0 saturated carbocycles. The molecule has 3 heteroatoms. The van der Waals surface area contributed by atoms with E-state index in [0.29, 0.717) is 17.4 Å². The van der Waals surface area contributed by atoms with Crippen LogP contribution < -0.4 is 0 Å². The van der Waals surface area contributed by atoms with Gasteiger partial charge in [0.25, 0.3) is 0 Å². The summed E-state index contributed by atoms with van der Waals surface area (Å²) in [7, 11) is 0. The number of ketones is 1. The van der Waals surface area contributed by atoms with E-state index in [1.165, 1.54) is 6.08 Å². The van der Waals surface area contributed by atoms with Crippen molar-refractivity contribution < 1.29 is 15.0 Å². The summed E-state index contributed by atoms with van der Waals surface area (Å²) in [6.07, 6.45) is 10.8. The fourth-order valence-electron chi connectivity index (χ4n) is 2.67. The first-order valence-electron chi connectivity index (χ1n) is 8.34. The summed E-state index contributed by atoms with van der Waals surface area (Å²) in [5, 5.41) is 20.2. The maximum Gasteiger partial charge on any atom is 0.187 e. The lowest BCUT2D eigenvalue weighted by atomic mass is 9.80. The van der Waals surface area contributed by atoms with Crippen molar-refractivity contribution in [3.05, 3.63) is 47.6 Å². The Morgan fingerprint density at radius 1 is 1.26 bits per heavy atom. The van der Waals surface area contributed by atoms with Crippen molar-refractivity contribution in [1.82, 2.24) is 0 Å². The molecule has 0 aliphatic heterocycles. The highest BCUT2D eigenvalue weighted by Gasteiger charge is 2.36. The third-order valence-corrected chi connectivity index (χ3v) is 4.13. The summed E-state index contributed by atoms with van der Waals surface area (Å²) in [6, 6.07) is 0. The molecule has 3 nitrogen and oxygen atoms in total. The molecule has 128 valence electrons. The van der Waals surface area contributed by atoms with Gasteiger partial charge in [-0.15, -0.1) is 0 Å². The van der Waals surface area contributed by atoms with Crippen LogP contribution in [0.2, 0.25) is 0 Å². The van der Waals surface area contributed by atoms with Gasteiger partial charge in [-0.25, -0.2) is 0 Å². The summed E-state index contributed by atoms with van der Waals surface area (Å²) >= 11 is 0. The van der Waals surface area contributed by atoms with Crippen molar-refractivity contribution in [2.75, 3.05) is 0 Å². The van der Waals surface area contributed by atoms with E-state index >= 15 is 0 Å². The zero-order valence-electron chi connectivity index (χ0n) is 14.9. The molecule has 1 aliphatic carbocycles. The highest BCUT2D eigenvalue weighted by atomic mass is 16.3. The fourth-order valence-corrected chi connectivity index (χ4v) is 2.67. The number of carbonyl (C=O) groups is 1. The van der Waals surface area contributed by atoms with Gasteiger partial charge in [-0.3, -0.25) is 4.79 Å². The van der Waals surface area contributed by atoms with Gasteiger partial charge in [-0.05, 0) is 43.8 Å². The van der Waals surface area contributed by atoms with Crippen LogP contribution in [-0.2, 0) is 4.79 Å². The highest BCUT2D eigenvalue weighted by molar-refractivity contribution is 5.99. The number of rotatable bonds is 6. The van der Waals surface area contributed by atoms with Gasteiger partial charge in [0.1, 0.15) is 6.10 Å². The van der Waals surface area contributed by atoms with Crippen molar-refractivity contribution >= 4 is 5.78 Å². The molecule has 2 N–H and O–H groups in total. The van der Waals surface area contributed by atoms with Crippen molar-refractivity contribution in [3.63, 3.8) is 0 Å². The van der Waals surface area contributed by atoms with E-state index < -0.39 is 18.1 Å². The second kappa shape index (κ2) is 8.99. The molecular formula is C20H30O3. The molecule has 0 aromatic rings. The molecule has 0 amide bonds. The lowest BCUT2D eigenvalue weighted by Gasteiger charge is -2.30. The Morgan fingerprint density at radius 2 is 1.91 bits per heavy atom. The summed E-state index contributed by atoms with van der Waals surface area (Å²) in [5.74, 6) is 0.111. The Kier molecular flexibility index (Phi) is 7.66. The van der Waals surface area contributed by atoms with Crippen LogP contribution in [0.25, 0.3) is 0 Å². The van der Waals surface area contributed by atoms with E-state index in [9.17, 15) is 15.0 Å². The van der Waals surface area contributed by atoms with E-state index in [1.54, 1.807) is 6.92 Å². The van der Waals surface area contributed by atoms with Crippen molar-refractivity contribution in [3.8, 4) is 0 Å². The number of hydrogen-bond acceptors (Lipinski definition) is 3. The predicted octanol–water partition coefficient (Wildman–Crippen LogP) is 3.59. The van der Waals surface area contributed by atoms with E-state index in [-0.39, 0.29) is 5.78 Å². The van der Waals surface area contributed by atoms with E-state index in [0.717, 1.165) is 12.0 Å². The molecule has 1 rings (SSSR count). The monoisotopic (exact) mass is 318 g/mol. The van der Waals surface area contributed by atoms with E-state index in [2.05, 4.69) is 39.0 Å². The first-order valence-corrected chi connectivity index (χ1v) is 8.34. The van der Waals surface area contributed by atoms with Crippen LogP contribution in [0, 0.1) is 17.8 Å². The third kappa shape index (κ3) is 5.92. The van der Waals surface area contributed by atoms with Crippen molar-refractivity contribution in [1.29, 1.82) is 0 Å². The number of Topliss-reactive ketones (excluding diaryl/α,β-unsaturated/α-hetero) is 1. The summed E-state index contributed by atoms with van der Waals surface area (Å²) in [5.41, 5.74) is 1.23. The van der Waals surface area contributed by atoms with Gasteiger partial charge in [-0.1, -0.05) is 56.7 Å². The molecule has 4 unspecified atom stereocenters. The Bertz CT molecular complexity index is 523. The second-order valence-electron chi connectivity index (χ2n) is 6.89. The zero-order valence-corrected chi connectivity index (χ0v) is 14.9. The number of hydrogen-bond donors (Lipinski definition) is 2. The SMILES string of the molecule is CC1=CC(O)C(C(C)=CC=CC(C)C=CCC(C)C)C(O)C1=O. The molecule has 0 bridgehead atoms. The Hall–Kier alpha value is -1.45. The largest absolute Gasteiger partial charge is 0.388 e. The topological polar surface area (TPSA) is 57.5 Å². The van der Waals surface area contributed by atoms with Gasteiger partial charge in [0.2, 0.25) is 0 Å². The van der Waals surface area contributed by atoms with Gasteiger partial charge >= 0.3 is 0 Å². The van der Waals surface area contributed by atoms with Crippen LogP contribution in [0.1, 0.15) is 41.0 Å². The first-order chi connectivity index (χ1) is 10.7. The number of aliphatic hydroxyl groups is 2. The normalized spacial score (nSPS) is 28.0. The molecular weight excluding hydrogens is 288 g/mol. The average molecular weight is 318 g/mol. The highest BCUT2D eigenvalue weighted by Crippen LogP contribution is 2.28. The molecule has 1 aliphatic rings. The third-order valence-electron chi connectivity index (χ3n) is 4.13. The Morgan fingerprint density at radius 3 is 2.52 bits per heavy atom. The molecule has 0 fully saturated rings. The molecule has 0 heterocycles. The molecule has 0 aromatic carbocycles. The quantitative estimate of drug-likeness (QED) is 0.581. The second-order valence-corrected chi connectivity index (χ2v) is 6.89. The Labute approximate surface area is 140 Å². The molecule has 4 atom stereocenters. The number of allylic oxidation sites excluding steroid dienone is 5. The maximum absolute atomic E-state index is 11.9. The molecule has 23 heavy (non-hydrogen) atoms. The van der Waals surface area contributed by atoms with E-state index in [4.69, 9.17) is 0 Å². The summed E-state index contributed by atoms with van der Waals surface area (Å²) < 4.78 is 0. The molecule has 0 spiro atoms. The van der Waals surface area contributed by atoms with Gasteiger partial charge < -0.3 is 10.2 Å². The van der Waals surface area contributed by atoms with Crippen LogP contribution in [0.3, 0.4) is 0 Å². The van der Waals surface area contributed by atoms with Crippen molar-refractivity contribution in [2.45, 2.75) is 53.2 Å². The lowest BCUT2D eigenvalue weighted by molar-refractivity contribution is -0.128. The standard InChI is InChI=1S/C20H30O3/c1-13(2)8-6-9-14(3)10-7-11-15(4)18-17(21)12-16(5)19(22)20(18)23/h6-7,9-14,17-18,20-21,23H,8H2,1-5H3. The smallest absolute Gasteiger partial charge is 0.187 e. The average Bonchev–Trinajstić information content (AvgIpc) is 2.44. The van der Waals surface area contributed by atoms with Crippen LogP contribution in [-0.4, -0.2) is 28.2 Å². The molecule has 0 saturated heterocycles. The van der Waals surface area contributed by atoms with Crippen LogP contribution in [0.5, 0.6) is 0 Å². The summed E-state index contributed by atoms with van der Waals surface area (Å²) in [4.78, 5) is 11.9. The number of carbonyl (C=O) groups excluding carboxylic acids is 1. The van der Waals surface area contributed by atoms with Crippen LogP contribution in [0.15, 0.2) is 47.6 Å². The van der Waals surface area contributed by atoms with Crippen LogP contribution in [0.4, 0.5) is 0 Å².